The van der Waals surface area contributed by atoms with Crippen molar-refractivity contribution < 1.29 is 27.9 Å². The van der Waals surface area contributed by atoms with E-state index in [-0.39, 0.29) is 30.3 Å². The minimum Gasteiger partial charge on any atom is -0.480 e. The van der Waals surface area contributed by atoms with Crippen molar-refractivity contribution in [3.63, 3.8) is 0 Å². The first-order valence-corrected chi connectivity index (χ1v) is 11.1. The SMILES string of the molecule is CCS(=O)(=O)CCC(NC(=O)CCCCCNC(=O)c1ccccc1)C(=O)O. The molecule has 0 aliphatic heterocycles. The van der Waals surface area contributed by atoms with Crippen LogP contribution in [0.5, 0.6) is 0 Å². The van der Waals surface area contributed by atoms with E-state index in [1.165, 1.54) is 6.92 Å². The van der Waals surface area contributed by atoms with E-state index in [0.717, 1.165) is 0 Å². The van der Waals surface area contributed by atoms with Crippen LogP contribution in [0.1, 0.15) is 49.4 Å². The van der Waals surface area contributed by atoms with Crippen molar-refractivity contribution in [1.82, 2.24) is 10.6 Å². The molecule has 0 spiro atoms. The van der Waals surface area contributed by atoms with Gasteiger partial charge in [-0.25, -0.2) is 13.2 Å². The van der Waals surface area contributed by atoms with Gasteiger partial charge in [0, 0.05) is 24.3 Å². The number of rotatable bonds is 13. The van der Waals surface area contributed by atoms with Gasteiger partial charge in [0.1, 0.15) is 15.9 Å². The maximum absolute atomic E-state index is 11.9. The summed E-state index contributed by atoms with van der Waals surface area (Å²) >= 11 is 0. The second-order valence-corrected chi connectivity index (χ2v) is 8.89. The minimum absolute atomic E-state index is 0.0614. The van der Waals surface area contributed by atoms with Crippen molar-refractivity contribution in [1.29, 1.82) is 0 Å². The van der Waals surface area contributed by atoms with Crippen LogP contribution in [0.3, 0.4) is 0 Å². The van der Waals surface area contributed by atoms with Gasteiger partial charge >= 0.3 is 5.97 Å². The second kappa shape index (κ2) is 12.1. The lowest BCUT2D eigenvalue weighted by Crippen LogP contribution is -2.41. The Bertz CT molecular complexity index is 749. The van der Waals surface area contributed by atoms with Gasteiger partial charge in [0.15, 0.2) is 0 Å². The van der Waals surface area contributed by atoms with Gasteiger partial charge in [-0.05, 0) is 31.4 Å². The van der Waals surface area contributed by atoms with Gasteiger partial charge in [0.2, 0.25) is 5.91 Å². The van der Waals surface area contributed by atoms with Crippen molar-refractivity contribution in [3.05, 3.63) is 35.9 Å². The number of carboxylic acid groups (broad SMARTS) is 1. The van der Waals surface area contributed by atoms with Crippen LogP contribution in [0.25, 0.3) is 0 Å². The van der Waals surface area contributed by atoms with E-state index in [2.05, 4.69) is 10.6 Å². The standard InChI is InChI=1S/C19H28N2O6S/c1-2-28(26,27)14-12-16(19(24)25)21-17(22)11-7-4-8-13-20-18(23)15-9-5-3-6-10-15/h3,5-6,9-10,16H,2,4,7-8,11-14H2,1H3,(H,20,23)(H,21,22)(H,24,25). The normalized spacial score (nSPS) is 12.2. The van der Waals surface area contributed by atoms with Crippen molar-refractivity contribution in [2.75, 3.05) is 18.1 Å². The molecule has 0 bridgehead atoms. The number of nitrogens with one attached hydrogen (secondary N) is 2. The highest BCUT2D eigenvalue weighted by Gasteiger charge is 2.22. The van der Waals surface area contributed by atoms with Gasteiger partial charge in [0.25, 0.3) is 5.91 Å². The smallest absolute Gasteiger partial charge is 0.326 e. The molecule has 1 aromatic rings. The summed E-state index contributed by atoms with van der Waals surface area (Å²) in [4.78, 5) is 34.9. The number of aliphatic carboxylic acids is 1. The number of benzene rings is 1. The van der Waals surface area contributed by atoms with Crippen LogP contribution in [0, 0.1) is 0 Å². The van der Waals surface area contributed by atoms with Crippen molar-refractivity contribution in [2.24, 2.45) is 0 Å². The third-order valence-electron chi connectivity index (χ3n) is 4.19. The molecule has 1 rings (SSSR count). The average Bonchev–Trinajstić information content (AvgIpc) is 2.68. The van der Waals surface area contributed by atoms with Crippen LogP contribution >= 0.6 is 0 Å². The molecular weight excluding hydrogens is 384 g/mol. The molecule has 3 N–H and O–H groups in total. The van der Waals surface area contributed by atoms with Gasteiger partial charge < -0.3 is 15.7 Å². The zero-order chi connectivity index (χ0) is 21.0. The molecule has 0 aliphatic carbocycles. The average molecular weight is 413 g/mol. The summed E-state index contributed by atoms with van der Waals surface area (Å²) in [5.74, 6) is -2.15. The molecule has 156 valence electrons. The number of carbonyl (C=O) groups is 3. The summed E-state index contributed by atoms with van der Waals surface area (Å²) in [7, 11) is -3.29. The number of carbonyl (C=O) groups excluding carboxylic acids is 2. The molecule has 0 fully saturated rings. The highest BCUT2D eigenvalue weighted by Crippen LogP contribution is 2.04. The molecule has 0 saturated heterocycles. The summed E-state index contributed by atoms with van der Waals surface area (Å²) < 4.78 is 23.0. The van der Waals surface area contributed by atoms with Crippen LogP contribution in [-0.4, -0.2) is 55.4 Å². The molecule has 0 radical (unpaired) electrons. The number of hydrogen-bond acceptors (Lipinski definition) is 5. The largest absolute Gasteiger partial charge is 0.480 e. The molecule has 9 heteroatoms. The van der Waals surface area contributed by atoms with Crippen LogP contribution in [0.15, 0.2) is 30.3 Å². The Balaban J connectivity index is 2.22. The molecule has 8 nitrogen and oxygen atoms in total. The Morgan fingerprint density at radius 1 is 1.07 bits per heavy atom. The molecular formula is C19H28N2O6S. The Kier molecular flexibility index (Phi) is 10.2. The highest BCUT2D eigenvalue weighted by atomic mass is 32.2. The summed E-state index contributed by atoms with van der Waals surface area (Å²) in [6.45, 7) is 1.98. The molecule has 0 saturated carbocycles. The lowest BCUT2D eigenvalue weighted by Gasteiger charge is -2.14. The van der Waals surface area contributed by atoms with E-state index in [1.54, 1.807) is 24.3 Å². The third kappa shape index (κ3) is 9.50. The first-order valence-electron chi connectivity index (χ1n) is 9.31. The van der Waals surface area contributed by atoms with Crippen LogP contribution in [0.4, 0.5) is 0 Å². The summed E-state index contributed by atoms with van der Waals surface area (Å²) in [5.41, 5.74) is 0.590. The highest BCUT2D eigenvalue weighted by molar-refractivity contribution is 7.91. The predicted molar refractivity (Wildman–Crippen MR) is 106 cm³/mol. The quantitative estimate of drug-likeness (QED) is 0.420. The molecule has 28 heavy (non-hydrogen) atoms. The van der Waals surface area contributed by atoms with Gasteiger partial charge in [-0.3, -0.25) is 9.59 Å². The van der Waals surface area contributed by atoms with E-state index in [9.17, 15) is 22.8 Å². The predicted octanol–water partition coefficient (Wildman–Crippen LogP) is 1.37. The van der Waals surface area contributed by atoms with E-state index in [4.69, 9.17) is 5.11 Å². The fourth-order valence-electron chi connectivity index (χ4n) is 2.45. The van der Waals surface area contributed by atoms with E-state index >= 15 is 0 Å². The maximum atomic E-state index is 11.9. The van der Waals surface area contributed by atoms with Crippen molar-refractivity contribution >= 4 is 27.6 Å². The Hall–Kier alpha value is -2.42. The molecule has 0 aliphatic rings. The van der Waals surface area contributed by atoms with Gasteiger partial charge in [-0.2, -0.15) is 0 Å². The van der Waals surface area contributed by atoms with Gasteiger partial charge in [0.05, 0.1) is 5.75 Å². The summed E-state index contributed by atoms with van der Waals surface area (Å²) in [5, 5.41) is 14.3. The van der Waals surface area contributed by atoms with Gasteiger partial charge in [-0.15, -0.1) is 0 Å². The molecule has 1 atom stereocenters. The van der Waals surface area contributed by atoms with E-state index in [1.807, 2.05) is 6.07 Å². The van der Waals surface area contributed by atoms with E-state index < -0.39 is 27.8 Å². The van der Waals surface area contributed by atoms with Crippen LogP contribution in [0.2, 0.25) is 0 Å². The zero-order valence-electron chi connectivity index (χ0n) is 16.0. The van der Waals surface area contributed by atoms with E-state index in [0.29, 0.717) is 31.4 Å². The molecule has 1 unspecified atom stereocenters. The van der Waals surface area contributed by atoms with Crippen LogP contribution in [-0.2, 0) is 19.4 Å². The monoisotopic (exact) mass is 412 g/mol. The van der Waals surface area contributed by atoms with Crippen LogP contribution < -0.4 is 10.6 Å². The topological polar surface area (TPSA) is 130 Å². The second-order valence-electron chi connectivity index (χ2n) is 6.42. The summed E-state index contributed by atoms with van der Waals surface area (Å²) in [6, 6.07) is 7.65. The number of unbranched alkanes of at least 4 members (excludes halogenated alkanes) is 2. The number of hydrogen-bond donors (Lipinski definition) is 3. The molecule has 1 aromatic carbocycles. The first kappa shape index (κ1) is 23.6. The Labute approximate surface area is 165 Å². The number of sulfone groups is 1. The number of amides is 2. The summed E-state index contributed by atoms with van der Waals surface area (Å²) in [6.07, 6.45) is 1.94. The minimum atomic E-state index is -3.29. The Morgan fingerprint density at radius 3 is 2.36 bits per heavy atom. The maximum Gasteiger partial charge on any atom is 0.326 e. The fraction of sp³-hybridized carbons (Fsp3) is 0.526. The van der Waals surface area contributed by atoms with Crippen molar-refractivity contribution in [2.45, 2.75) is 45.1 Å². The van der Waals surface area contributed by atoms with Crippen molar-refractivity contribution in [3.8, 4) is 0 Å². The number of carboxylic acids is 1. The lowest BCUT2D eigenvalue weighted by molar-refractivity contribution is -0.141. The lowest BCUT2D eigenvalue weighted by atomic mass is 10.1. The fourth-order valence-corrected chi connectivity index (χ4v) is 3.33. The molecule has 0 heterocycles. The third-order valence-corrected chi connectivity index (χ3v) is 5.93. The van der Waals surface area contributed by atoms with Gasteiger partial charge in [-0.1, -0.05) is 31.5 Å². The molecule has 0 aromatic heterocycles. The first-order chi connectivity index (χ1) is 13.2. The zero-order valence-corrected chi connectivity index (χ0v) is 16.8. The Morgan fingerprint density at radius 2 is 1.75 bits per heavy atom. The molecule has 2 amide bonds.